The molecule has 2 N–H and O–H groups in total. The molecule has 0 aromatic carbocycles. The first kappa shape index (κ1) is 10.5. The first-order valence-electron chi connectivity index (χ1n) is 4.74. The van der Waals surface area contributed by atoms with Crippen LogP contribution in [-0.4, -0.2) is 20.1 Å². The molecule has 0 saturated carbocycles. The molecule has 17 heavy (non-hydrogen) atoms. The lowest BCUT2D eigenvalue weighted by atomic mass is 10.5. The van der Waals surface area contributed by atoms with Crippen molar-refractivity contribution in [1.82, 2.24) is 20.1 Å². The molecular weight excluding hydrogens is 258 g/mol. The van der Waals surface area contributed by atoms with E-state index >= 15 is 0 Å². The van der Waals surface area contributed by atoms with Crippen molar-refractivity contribution in [2.45, 2.75) is 6.54 Å². The predicted molar refractivity (Wildman–Crippen MR) is 64.4 cm³/mol. The van der Waals surface area contributed by atoms with E-state index < -0.39 is 0 Å². The molecule has 3 rings (SSSR count). The topological polar surface area (TPSA) is 90.7 Å². The van der Waals surface area contributed by atoms with Crippen molar-refractivity contribution < 1.29 is 4.52 Å². The van der Waals surface area contributed by atoms with E-state index in [1.165, 1.54) is 22.7 Å². The predicted octanol–water partition coefficient (Wildman–Crippen LogP) is 1.78. The van der Waals surface area contributed by atoms with Gasteiger partial charge in [-0.25, -0.2) is 4.98 Å². The molecule has 86 valence electrons. The van der Waals surface area contributed by atoms with Gasteiger partial charge in [-0.2, -0.15) is 4.98 Å². The summed E-state index contributed by atoms with van der Waals surface area (Å²) in [5.74, 6) is 0.939. The van der Waals surface area contributed by atoms with Crippen molar-refractivity contribution in [3.8, 4) is 22.3 Å². The summed E-state index contributed by atoms with van der Waals surface area (Å²) in [5, 5.41) is 6.59. The minimum atomic E-state index is 0.407. The van der Waals surface area contributed by atoms with E-state index in [2.05, 4.69) is 20.1 Å². The van der Waals surface area contributed by atoms with Crippen LogP contribution >= 0.6 is 22.7 Å². The van der Waals surface area contributed by atoms with Gasteiger partial charge in [0.15, 0.2) is 0 Å². The highest BCUT2D eigenvalue weighted by atomic mass is 32.1. The minimum Gasteiger partial charge on any atom is -0.332 e. The molecule has 0 radical (unpaired) electrons. The van der Waals surface area contributed by atoms with Gasteiger partial charge in [0.05, 0.1) is 10.4 Å². The summed E-state index contributed by atoms with van der Waals surface area (Å²) in [6.45, 7) is 0.417. The Morgan fingerprint density at radius 3 is 2.94 bits per heavy atom. The molecule has 0 unspecified atom stereocenters. The van der Waals surface area contributed by atoms with Crippen LogP contribution in [0.5, 0.6) is 0 Å². The maximum absolute atomic E-state index is 5.50. The van der Waals surface area contributed by atoms with Crippen LogP contribution in [0.25, 0.3) is 22.3 Å². The number of aromatic nitrogens is 4. The third-order valence-corrected chi connectivity index (χ3v) is 3.66. The number of nitrogens with zero attached hydrogens (tertiary/aromatic N) is 4. The fourth-order valence-corrected chi connectivity index (χ4v) is 2.45. The molecule has 0 aliphatic rings. The summed E-state index contributed by atoms with van der Waals surface area (Å²) < 4.78 is 5.15. The zero-order chi connectivity index (χ0) is 11.7. The average Bonchev–Trinajstić information content (AvgIpc) is 3.09. The molecule has 0 fully saturated rings. The molecule has 0 saturated heterocycles. The van der Waals surface area contributed by atoms with Gasteiger partial charge in [-0.3, -0.25) is 4.98 Å². The van der Waals surface area contributed by atoms with Gasteiger partial charge in [0.2, 0.25) is 5.82 Å². The van der Waals surface area contributed by atoms with Gasteiger partial charge >= 0.3 is 0 Å². The Labute approximate surface area is 104 Å². The summed E-state index contributed by atoms with van der Waals surface area (Å²) in [7, 11) is 0. The van der Waals surface area contributed by atoms with Crippen molar-refractivity contribution >= 4 is 22.7 Å². The normalized spacial score (nSPS) is 10.9. The molecule has 8 heteroatoms. The molecule has 3 heterocycles. The van der Waals surface area contributed by atoms with E-state index in [4.69, 9.17) is 10.3 Å². The Morgan fingerprint density at radius 1 is 1.29 bits per heavy atom. The van der Waals surface area contributed by atoms with Gasteiger partial charge in [0.25, 0.3) is 5.89 Å². The van der Waals surface area contributed by atoms with Gasteiger partial charge in [0, 0.05) is 18.1 Å². The van der Waals surface area contributed by atoms with E-state index in [9.17, 15) is 0 Å². The van der Waals surface area contributed by atoms with Crippen molar-refractivity contribution in [3.05, 3.63) is 22.1 Å². The van der Waals surface area contributed by atoms with Crippen LogP contribution in [0.3, 0.4) is 0 Å². The lowest BCUT2D eigenvalue weighted by Crippen LogP contribution is -1.94. The second-order valence-electron chi connectivity index (χ2n) is 3.12. The summed E-state index contributed by atoms with van der Waals surface area (Å²) in [4.78, 5) is 13.4. The Morgan fingerprint density at radius 2 is 2.24 bits per heavy atom. The van der Waals surface area contributed by atoms with Crippen LogP contribution in [0.2, 0.25) is 0 Å². The standard InChI is InChI=1S/C9H7N5OS2/c10-1-7-12-5(3-16-7)9-13-8(14-15-9)6-2-11-4-17-6/h2-4H,1,10H2. The van der Waals surface area contributed by atoms with Crippen LogP contribution in [-0.2, 0) is 6.54 Å². The molecule has 0 amide bonds. The summed E-state index contributed by atoms with van der Waals surface area (Å²) in [6.07, 6.45) is 1.70. The molecule has 3 aromatic rings. The van der Waals surface area contributed by atoms with Gasteiger partial charge in [-0.05, 0) is 0 Å². The molecule has 0 atom stereocenters. The van der Waals surface area contributed by atoms with Crippen LogP contribution < -0.4 is 5.73 Å². The van der Waals surface area contributed by atoms with Crippen molar-refractivity contribution in [2.24, 2.45) is 5.73 Å². The van der Waals surface area contributed by atoms with Crippen LogP contribution in [0.15, 0.2) is 21.6 Å². The largest absolute Gasteiger partial charge is 0.332 e. The van der Waals surface area contributed by atoms with Gasteiger partial charge < -0.3 is 10.3 Å². The fourth-order valence-electron chi connectivity index (χ4n) is 1.26. The van der Waals surface area contributed by atoms with E-state index in [-0.39, 0.29) is 0 Å². The molecule has 0 bridgehead atoms. The average molecular weight is 265 g/mol. The Bertz CT molecular complexity index is 615. The zero-order valence-electron chi connectivity index (χ0n) is 8.53. The van der Waals surface area contributed by atoms with E-state index in [0.717, 1.165) is 9.88 Å². The van der Waals surface area contributed by atoms with Gasteiger partial charge in [0.1, 0.15) is 10.7 Å². The van der Waals surface area contributed by atoms with Gasteiger partial charge in [-0.1, -0.05) is 5.16 Å². The lowest BCUT2D eigenvalue weighted by Gasteiger charge is -1.84. The SMILES string of the molecule is NCc1nc(-c2nc(-c3cncs3)no2)cs1. The molecule has 3 aromatic heterocycles. The molecule has 0 aliphatic heterocycles. The van der Waals surface area contributed by atoms with E-state index in [1.807, 2.05) is 5.38 Å². The second-order valence-corrected chi connectivity index (χ2v) is 4.95. The highest BCUT2D eigenvalue weighted by Gasteiger charge is 2.14. The number of thiazole rings is 2. The summed E-state index contributed by atoms with van der Waals surface area (Å²) >= 11 is 2.94. The van der Waals surface area contributed by atoms with Crippen molar-refractivity contribution in [2.75, 3.05) is 0 Å². The number of hydrogen-bond donors (Lipinski definition) is 1. The minimum absolute atomic E-state index is 0.407. The maximum Gasteiger partial charge on any atom is 0.277 e. The van der Waals surface area contributed by atoms with Crippen LogP contribution in [0, 0.1) is 0 Å². The van der Waals surface area contributed by atoms with Crippen molar-refractivity contribution in [3.63, 3.8) is 0 Å². The third kappa shape index (κ3) is 1.97. The number of nitrogens with two attached hydrogens (primary N) is 1. The van der Waals surface area contributed by atoms with Crippen molar-refractivity contribution in [1.29, 1.82) is 0 Å². The quantitative estimate of drug-likeness (QED) is 0.776. The molecule has 0 spiro atoms. The summed E-state index contributed by atoms with van der Waals surface area (Å²) in [6, 6.07) is 0. The number of rotatable bonds is 3. The smallest absolute Gasteiger partial charge is 0.277 e. The van der Waals surface area contributed by atoms with Crippen LogP contribution in [0.1, 0.15) is 5.01 Å². The fraction of sp³-hybridized carbons (Fsp3) is 0.111. The Kier molecular flexibility index (Phi) is 2.67. The van der Waals surface area contributed by atoms with E-state index in [1.54, 1.807) is 11.7 Å². The molecular formula is C9H7N5OS2. The van der Waals surface area contributed by atoms with Crippen LogP contribution in [0.4, 0.5) is 0 Å². The van der Waals surface area contributed by atoms with E-state index in [0.29, 0.717) is 24.0 Å². The highest BCUT2D eigenvalue weighted by Crippen LogP contribution is 2.25. The highest BCUT2D eigenvalue weighted by molar-refractivity contribution is 7.13. The van der Waals surface area contributed by atoms with Gasteiger partial charge in [-0.15, -0.1) is 22.7 Å². The monoisotopic (exact) mass is 265 g/mol. The zero-order valence-corrected chi connectivity index (χ0v) is 10.2. The Hall–Kier alpha value is -1.64. The molecule has 0 aliphatic carbocycles. The second kappa shape index (κ2) is 4.32. The first-order chi connectivity index (χ1) is 8.36. The maximum atomic E-state index is 5.50. The Balaban J connectivity index is 1.94. The molecule has 6 nitrogen and oxygen atoms in total. The lowest BCUT2D eigenvalue weighted by molar-refractivity contribution is 0.431. The summed E-state index contributed by atoms with van der Waals surface area (Å²) in [5.41, 5.74) is 7.89. The number of hydrogen-bond acceptors (Lipinski definition) is 8. The first-order valence-corrected chi connectivity index (χ1v) is 6.50. The third-order valence-electron chi connectivity index (χ3n) is 2.02.